The first-order valence-corrected chi connectivity index (χ1v) is 9.37. The molecule has 1 nitrogen and oxygen atoms in total. The summed E-state index contributed by atoms with van der Waals surface area (Å²) >= 11 is 0. The van der Waals surface area contributed by atoms with Crippen molar-refractivity contribution in [3.63, 3.8) is 0 Å². The van der Waals surface area contributed by atoms with Crippen molar-refractivity contribution in [1.29, 1.82) is 0 Å². The maximum absolute atomic E-state index is 7.78. The Hall–Kier alpha value is -2.80. The molecule has 1 heterocycles. The van der Waals surface area contributed by atoms with Crippen molar-refractivity contribution in [3.05, 3.63) is 71.3 Å². The van der Waals surface area contributed by atoms with Gasteiger partial charge in [0.2, 0.25) is 0 Å². The minimum absolute atomic E-state index is 0.0296. The van der Waals surface area contributed by atoms with Crippen LogP contribution >= 0.6 is 0 Å². The van der Waals surface area contributed by atoms with Crippen LogP contribution in [0.4, 0.5) is 0 Å². The van der Waals surface area contributed by atoms with Crippen LogP contribution < -0.4 is 0 Å². The highest BCUT2D eigenvalue weighted by molar-refractivity contribution is 6.16. The van der Waals surface area contributed by atoms with Gasteiger partial charge in [0.15, 0.2) is 0 Å². The van der Waals surface area contributed by atoms with E-state index in [4.69, 9.17) is 8.53 Å². The van der Waals surface area contributed by atoms with Crippen LogP contribution in [0.3, 0.4) is 0 Å². The Morgan fingerprint density at radius 3 is 2.30 bits per heavy atom. The fourth-order valence-corrected chi connectivity index (χ4v) is 4.42. The normalized spacial score (nSPS) is 14.7. The molecule has 5 aromatic rings. The summed E-state index contributed by atoms with van der Waals surface area (Å²) in [5.41, 5.74) is 4.57. The highest BCUT2D eigenvalue weighted by Crippen LogP contribution is 2.40. The maximum atomic E-state index is 7.78. The Labute approximate surface area is 163 Å². The number of hydrogen-bond acceptors (Lipinski definition) is 1. The van der Waals surface area contributed by atoms with E-state index in [9.17, 15) is 0 Å². The molecule has 0 atom stereocenters. The van der Waals surface area contributed by atoms with Gasteiger partial charge < -0.3 is 4.42 Å². The van der Waals surface area contributed by atoms with Gasteiger partial charge >= 0.3 is 0 Å². The summed E-state index contributed by atoms with van der Waals surface area (Å²) in [5.74, 6) is 0. The number of fused-ring (bicyclic) bond motifs is 6. The van der Waals surface area contributed by atoms with Gasteiger partial charge in [-0.15, -0.1) is 0 Å². The van der Waals surface area contributed by atoms with Crippen molar-refractivity contribution < 1.29 is 8.53 Å². The lowest BCUT2D eigenvalue weighted by atomic mass is 9.83. The molecule has 0 unspecified atom stereocenters. The first kappa shape index (κ1) is 13.4. The molecule has 1 heteroatoms. The highest BCUT2D eigenvalue weighted by Gasteiger charge is 2.23. The van der Waals surface area contributed by atoms with E-state index < -0.39 is 6.85 Å². The maximum Gasteiger partial charge on any atom is 0.139 e. The van der Waals surface area contributed by atoms with E-state index in [-0.39, 0.29) is 5.41 Å². The zero-order valence-corrected chi connectivity index (χ0v) is 16.1. The summed E-state index contributed by atoms with van der Waals surface area (Å²) < 4.78 is 29.8. The zero-order chi connectivity index (χ0) is 21.4. The second-order valence-corrected chi connectivity index (χ2v) is 8.56. The lowest BCUT2D eigenvalue weighted by Gasteiger charge is -2.21. The smallest absolute Gasteiger partial charge is 0.139 e. The van der Waals surface area contributed by atoms with Crippen LogP contribution in [0.5, 0.6) is 0 Å². The van der Waals surface area contributed by atoms with Gasteiger partial charge in [-0.1, -0.05) is 68.8 Å². The quantitative estimate of drug-likeness (QED) is 0.258. The number of furan rings is 1. The van der Waals surface area contributed by atoms with E-state index in [2.05, 4.69) is 64.1 Å². The van der Waals surface area contributed by atoms with E-state index in [1.165, 1.54) is 11.1 Å². The molecule has 0 saturated heterocycles. The predicted octanol–water partition coefficient (Wildman–Crippen LogP) is 7.81. The summed E-state index contributed by atoms with van der Waals surface area (Å²) in [7, 11) is 0. The van der Waals surface area contributed by atoms with Crippen molar-refractivity contribution in [2.24, 2.45) is 0 Å². The molecule has 0 aliphatic heterocycles. The first-order valence-electron chi connectivity index (χ1n) is 10.9. The molecule has 0 radical (unpaired) electrons. The third-order valence-corrected chi connectivity index (χ3v) is 5.56. The Morgan fingerprint density at radius 1 is 0.778 bits per heavy atom. The van der Waals surface area contributed by atoms with Crippen LogP contribution in [0.15, 0.2) is 59.0 Å². The number of hydrogen-bond donors (Lipinski definition) is 0. The lowest BCUT2D eigenvalue weighted by molar-refractivity contribution is 0.569. The van der Waals surface area contributed by atoms with Crippen molar-refractivity contribution in [3.8, 4) is 0 Å². The van der Waals surface area contributed by atoms with Crippen LogP contribution in [-0.4, -0.2) is 0 Å². The van der Waals surface area contributed by atoms with E-state index in [0.717, 1.165) is 43.5 Å². The molecule has 0 fully saturated rings. The van der Waals surface area contributed by atoms with Crippen LogP contribution in [-0.2, 0) is 5.41 Å². The Kier molecular flexibility index (Phi) is 2.65. The number of benzene rings is 4. The molecule has 0 N–H and O–H groups in total. The van der Waals surface area contributed by atoms with E-state index >= 15 is 0 Å². The van der Waals surface area contributed by atoms with Crippen LogP contribution in [0.1, 0.15) is 41.6 Å². The summed E-state index contributed by atoms with van der Waals surface area (Å²) in [6, 6.07) is 18.1. The SMILES string of the molecule is [2H]C([2H])([2H])c1ccc2ccc3cc4c(cc3c2c1)oc1c(C(C)(C)C)c(C)ccc14. The molecule has 0 saturated carbocycles. The monoisotopic (exact) mass is 355 g/mol. The Bertz CT molecular complexity index is 1460. The van der Waals surface area contributed by atoms with Crippen LogP contribution in [0.25, 0.3) is 43.5 Å². The van der Waals surface area contributed by atoms with Crippen molar-refractivity contribution >= 4 is 43.5 Å². The molecule has 0 bridgehead atoms. The molecular weight excluding hydrogens is 328 g/mol. The van der Waals surface area contributed by atoms with Gasteiger partial charge in [0, 0.05) is 20.4 Å². The lowest BCUT2D eigenvalue weighted by Crippen LogP contribution is -2.13. The first-order chi connectivity index (χ1) is 14.0. The molecule has 0 amide bonds. The number of rotatable bonds is 0. The fraction of sp³-hybridized carbons (Fsp3) is 0.231. The van der Waals surface area contributed by atoms with E-state index in [1.54, 1.807) is 12.1 Å². The highest BCUT2D eigenvalue weighted by atomic mass is 16.3. The summed E-state index contributed by atoms with van der Waals surface area (Å²) in [4.78, 5) is 0. The molecule has 5 rings (SSSR count). The topological polar surface area (TPSA) is 13.1 Å². The largest absolute Gasteiger partial charge is 0.456 e. The van der Waals surface area contributed by atoms with Crippen molar-refractivity contribution in [2.75, 3.05) is 0 Å². The van der Waals surface area contributed by atoms with Gasteiger partial charge in [0.05, 0.1) is 0 Å². The molecule has 0 aliphatic rings. The molecule has 134 valence electrons. The fourth-order valence-electron chi connectivity index (χ4n) is 4.42. The molecule has 0 spiro atoms. The zero-order valence-electron chi connectivity index (χ0n) is 19.1. The third-order valence-electron chi connectivity index (χ3n) is 5.56. The molecule has 1 aromatic heterocycles. The van der Waals surface area contributed by atoms with Gasteiger partial charge in [-0.25, -0.2) is 0 Å². The minimum Gasteiger partial charge on any atom is -0.456 e. The number of aryl methyl sites for hydroxylation is 2. The second-order valence-electron chi connectivity index (χ2n) is 8.56. The van der Waals surface area contributed by atoms with E-state index in [0.29, 0.717) is 5.56 Å². The van der Waals surface area contributed by atoms with Crippen LogP contribution in [0, 0.1) is 13.8 Å². The molecule has 0 aliphatic carbocycles. The van der Waals surface area contributed by atoms with Crippen molar-refractivity contribution in [2.45, 2.75) is 40.0 Å². The predicted molar refractivity (Wildman–Crippen MR) is 117 cm³/mol. The average molecular weight is 355 g/mol. The molecule has 27 heavy (non-hydrogen) atoms. The molecule has 4 aromatic carbocycles. The van der Waals surface area contributed by atoms with Gasteiger partial charge in [0.25, 0.3) is 0 Å². The Morgan fingerprint density at radius 2 is 1.52 bits per heavy atom. The standard InChI is InChI=1S/C26H24O/c1-15-6-8-17-9-10-18-13-22-19-11-7-16(2)24(26(3,4)5)25(19)27-23(22)14-21(18)20(17)12-15/h6-14H,1-5H3/i1D3. The summed E-state index contributed by atoms with van der Waals surface area (Å²) in [6.07, 6.45) is 0. The van der Waals surface area contributed by atoms with Crippen LogP contribution in [0.2, 0.25) is 0 Å². The minimum atomic E-state index is -2.13. The van der Waals surface area contributed by atoms with Gasteiger partial charge in [-0.2, -0.15) is 0 Å². The molecular formula is C26H24O. The Balaban J connectivity index is 1.90. The van der Waals surface area contributed by atoms with Gasteiger partial charge in [0.1, 0.15) is 11.2 Å². The van der Waals surface area contributed by atoms with Gasteiger partial charge in [-0.3, -0.25) is 0 Å². The second kappa shape index (κ2) is 5.36. The summed E-state index contributed by atoms with van der Waals surface area (Å²) in [6.45, 7) is 6.64. The average Bonchev–Trinajstić information content (AvgIpc) is 3.00. The van der Waals surface area contributed by atoms with E-state index in [1.807, 2.05) is 6.07 Å². The summed E-state index contributed by atoms with van der Waals surface area (Å²) in [5, 5.41) is 6.28. The van der Waals surface area contributed by atoms with Gasteiger partial charge in [-0.05, 0) is 58.4 Å². The van der Waals surface area contributed by atoms with Crippen molar-refractivity contribution in [1.82, 2.24) is 0 Å². The third kappa shape index (κ3) is 2.38.